The van der Waals surface area contributed by atoms with E-state index in [0.29, 0.717) is 6.61 Å². The molecule has 1 rings (SSSR count). The van der Waals surface area contributed by atoms with Crippen molar-refractivity contribution in [3.8, 4) is 0 Å². The smallest absolute Gasteiger partial charge is 0.114 e. The summed E-state index contributed by atoms with van der Waals surface area (Å²) in [5.74, 6) is 0. The molecule has 1 aliphatic heterocycles. The van der Waals surface area contributed by atoms with Gasteiger partial charge in [-0.3, -0.25) is 0 Å². The lowest BCUT2D eigenvalue weighted by Gasteiger charge is -2.37. The molecule has 0 bridgehead atoms. The zero-order valence-corrected chi connectivity index (χ0v) is 14.4. The van der Waals surface area contributed by atoms with Crippen LogP contribution in [0.2, 0.25) is 0 Å². The second-order valence-electron chi connectivity index (χ2n) is 6.24. The van der Waals surface area contributed by atoms with E-state index < -0.39 is 24.4 Å². The molecule has 0 saturated carbocycles. The lowest BCUT2D eigenvalue weighted by molar-refractivity contribution is -0.211. The highest BCUT2D eigenvalue weighted by Gasteiger charge is 2.39. The number of allylic oxidation sites excluding steroid dienone is 2. The number of hydrogen-bond acceptors (Lipinski definition) is 5. The normalized spacial score (nSPS) is 28.5. The van der Waals surface area contributed by atoms with Gasteiger partial charge in [0.05, 0.1) is 13.2 Å². The molecule has 1 fully saturated rings. The second kappa shape index (κ2) is 12.9. The van der Waals surface area contributed by atoms with Crippen LogP contribution in [0, 0.1) is 0 Å². The van der Waals surface area contributed by atoms with Crippen LogP contribution in [0.3, 0.4) is 0 Å². The summed E-state index contributed by atoms with van der Waals surface area (Å²) in [7, 11) is 0. The Hall–Kier alpha value is -0.460. The van der Waals surface area contributed by atoms with Crippen molar-refractivity contribution in [2.75, 3.05) is 19.8 Å². The Morgan fingerprint density at radius 3 is 2.43 bits per heavy atom. The number of rotatable bonds is 12. The maximum Gasteiger partial charge on any atom is 0.114 e. The number of aliphatic hydroxyl groups is 3. The van der Waals surface area contributed by atoms with E-state index in [-0.39, 0.29) is 13.2 Å². The zero-order valence-electron chi connectivity index (χ0n) is 14.4. The lowest BCUT2D eigenvalue weighted by atomic mass is 10.0. The fourth-order valence-corrected chi connectivity index (χ4v) is 2.79. The van der Waals surface area contributed by atoms with Crippen molar-refractivity contribution in [3.63, 3.8) is 0 Å². The van der Waals surface area contributed by atoms with Crippen LogP contribution < -0.4 is 0 Å². The van der Waals surface area contributed by atoms with E-state index >= 15 is 0 Å². The van der Waals surface area contributed by atoms with Crippen molar-refractivity contribution in [1.29, 1.82) is 0 Å². The third-order valence-corrected chi connectivity index (χ3v) is 4.24. The van der Waals surface area contributed by atoms with Gasteiger partial charge in [-0.1, -0.05) is 44.8 Å². The molecule has 0 aromatic heterocycles. The van der Waals surface area contributed by atoms with Crippen LogP contribution in [0.15, 0.2) is 12.2 Å². The first kappa shape index (κ1) is 20.6. The Morgan fingerprint density at radius 2 is 1.74 bits per heavy atom. The minimum atomic E-state index is -0.989. The van der Waals surface area contributed by atoms with E-state index in [1.165, 1.54) is 32.1 Å². The molecule has 0 radical (unpaired) electrons. The molecular weight excluding hydrogens is 296 g/mol. The largest absolute Gasteiger partial charge is 0.394 e. The molecule has 0 aromatic carbocycles. The summed E-state index contributed by atoms with van der Waals surface area (Å²) in [5, 5.41) is 28.8. The third-order valence-electron chi connectivity index (χ3n) is 4.24. The van der Waals surface area contributed by atoms with Gasteiger partial charge in [-0.05, 0) is 25.7 Å². The summed E-state index contributed by atoms with van der Waals surface area (Å²) >= 11 is 0. The number of ether oxygens (including phenoxy) is 2. The minimum Gasteiger partial charge on any atom is -0.394 e. The molecule has 0 spiro atoms. The molecule has 23 heavy (non-hydrogen) atoms. The fraction of sp³-hybridized carbons (Fsp3) is 0.889. The summed E-state index contributed by atoms with van der Waals surface area (Å²) in [4.78, 5) is 0. The topological polar surface area (TPSA) is 79.2 Å². The molecule has 0 aromatic rings. The molecule has 1 saturated heterocycles. The summed E-state index contributed by atoms with van der Waals surface area (Å²) in [6, 6.07) is 0. The van der Waals surface area contributed by atoms with Crippen molar-refractivity contribution in [3.05, 3.63) is 12.2 Å². The van der Waals surface area contributed by atoms with Gasteiger partial charge in [0, 0.05) is 6.61 Å². The quantitative estimate of drug-likeness (QED) is 0.377. The fourth-order valence-electron chi connectivity index (χ4n) is 2.79. The highest BCUT2D eigenvalue weighted by molar-refractivity contribution is 4.87. The van der Waals surface area contributed by atoms with Gasteiger partial charge in [0.15, 0.2) is 0 Å². The highest BCUT2D eigenvalue weighted by atomic mass is 16.6. The summed E-state index contributed by atoms with van der Waals surface area (Å²) in [6.07, 6.45) is 10.6. The average molecular weight is 330 g/mol. The SMILES string of the molecule is CC/C=C/CCCCCCCCO[C@H]1[C@H](O)[C@@H](O)CO[C@@H]1CO. The minimum absolute atomic E-state index is 0.0414. The molecule has 5 heteroatoms. The molecule has 136 valence electrons. The van der Waals surface area contributed by atoms with Gasteiger partial charge in [0.25, 0.3) is 0 Å². The van der Waals surface area contributed by atoms with Crippen molar-refractivity contribution in [2.24, 2.45) is 0 Å². The molecule has 3 N–H and O–H groups in total. The van der Waals surface area contributed by atoms with Gasteiger partial charge in [-0.25, -0.2) is 0 Å². The second-order valence-corrected chi connectivity index (χ2v) is 6.24. The van der Waals surface area contributed by atoms with Gasteiger partial charge < -0.3 is 24.8 Å². The summed E-state index contributed by atoms with van der Waals surface area (Å²) in [5.41, 5.74) is 0. The van der Waals surface area contributed by atoms with Gasteiger partial charge in [0.2, 0.25) is 0 Å². The molecule has 0 amide bonds. The van der Waals surface area contributed by atoms with Crippen molar-refractivity contribution < 1.29 is 24.8 Å². The monoisotopic (exact) mass is 330 g/mol. The van der Waals surface area contributed by atoms with E-state index in [1.54, 1.807) is 0 Å². The predicted molar refractivity (Wildman–Crippen MR) is 90.3 cm³/mol. The van der Waals surface area contributed by atoms with Crippen LogP contribution >= 0.6 is 0 Å². The Balaban J connectivity index is 2.02. The summed E-state index contributed by atoms with van der Waals surface area (Å²) < 4.78 is 10.9. The molecule has 1 aliphatic rings. The number of unbranched alkanes of at least 4 members (excludes halogenated alkanes) is 6. The number of hydrogen-bond donors (Lipinski definition) is 3. The van der Waals surface area contributed by atoms with E-state index in [1.807, 2.05) is 0 Å². The van der Waals surface area contributed by atoms with Gasteiger partial charge >= 0.3 is 0 Å². The van der Waals surface area contributed by atoms with Gasteiger partial charge in [-0.15, -0.1) is 0 Å². The zero-order chi connectivity index (χ0) is 16.9. The molecule has 1 heterocycles. The maximum atomic E-state index is 9.93. The van der Waals surface area contributed by atoms with Crippen LogP contribution in [-0.2, 0) is 9.47 Å². The van der Waals surface area contributed by atoms with E-state index in [4.69, 9.17) is 9.47 Å². The summed E-state index contributed by atoms with van der Waals surface area (Å²) in [6.45, 7) is 2.51. The Kier molecular flexibility index (Phi) is 11.5. The number of aliphatic hydroxyl groups excluding tert-OH is 3. The van der Waals surface area contributed by atoms with E-state index in [0.717, 1.165) is 19.3 Å². The van der Waals surface area contributed by atoms with E-state index in [9.17, 15) is 15.3 Å². The first-order chi connectivity index (χ1) is 11.2. The Morgan fingerprint density at radius 1 is 1.04 bits per heavy atom. The maximum absolute atomic E-state index is 9.93. The van der Waals surface area contributed by atoms with Crippen LogP contribution in [0.4, 0.5) is 0 Å². The van der Waals surface area contributed by atoms with Crippen LogP contribution in [0.5, 0.6) is 0 Å². The van der Waals surface area contributed by atoms with Crippen LogP contribution in [0.1, 0.15) is 58.3 Å². The molecule has 0 unspecified atom stereocenters. The standard InChI is InChI=1S/C18H34O5/c1-2-3-4-5-6-7-8-9-10-11-12-22-18-16(13-19)23-14-15(20)17(18)21/h3-4,15-21H,2,5-14H2,1H3/b4-3+/t15-,16+,17+,18+/m0/s1. The average Bonchev–Trinajstić information content (AvgIpc) is 2.56. The molecule has 4 atom stereocenters. The van der Waals surface area contributed by atoms with Crippen LogP contribution in [-0.4, -0.2) is 59.6 Å². The predicted octanol–water partition coefficient (Wildman–Crippen LogP) is 2.18. The van der Waals surface area contributed by atoms with E-state index in [2.05, 4.69) is 19.1 Å². The third kappa shape index (κ3) is 8.27. The Bertz CT molecular complexity index is 306. The van der Waals surface area contributed by atoms with Gasteiger partial charge in [-0.2, -0.15) is 0 Å². The Labute approximate surface area is 140 Å². The van der Waals surface area contributed by atoms with Crippen molar-refractivity contribution in [2.45, 2.75) is 82.7 Å². The van der Waals surface area contributed by atoms with Crippen LogP contribution in [0.25, 0.3) is 0 Å². The highest BCUT2D eigenvalue weighted by Crippen LogP contribution is 2.19. The molecular formula is C18H34O5. The first-order valence-corrected chi connectivity index (χ1v) is 9.05. The molecule has 5 nitrogen and oxygen atoms in total. The lowest BCUT2D eigenvalue weighted by Crippen LogP contribution is -2.55. The molecule has 0 aliphatic carbocycles. The van der Waals surface area contributed by atoms with Crippen molar-refractivity contribution >= 4 is 0 Å². The first-order valence-electron chi connectivity index (χ1n) is 9.05. The van der Waals surface area contributed by atoms with Crippen molar-refractivity contribution in [1.82, 2.24) is 0 Å². The van der Waals surface area contributed by atoms with Gasteiger partial charge in [0.1, 0.15) is 24.4 Å².